The van der Waals surface area contributed by atoms with Crippen molar-refractivity contribution in [1.29, 1.82) is 0 Å². The van der Waals surface area contributed by atoms with Crippen LogP contribution >= 0.6 is 0 Å². The number of nitrogens with zero attached hydrogens (tertiary/aromatic N) is 4. The van der Waals surface area contributed by atoms with Gasteiger partial charge in [-0.3, -0.25) is 19.6 Å². The molecule has 3 saturated heterocycles. The predicted octanol–water partition coefficient (Wildman–Crippen LogP) is 3.18. The van der Waals surface area contributed by atoms with Crippen LogP contribution in [0.1, 0.15) is 37.7 Å². The number of hydrogen-bond donors (Lipinski definition) is 1. The average molecular weight is 522 g/mol. The lowest BCUT2D eigenvalue weighted by Gasteiger charge is -2.47. The molecule has 0 radical (unpaired) electrons. The Bertz CT molecular complexity index is 1010. The molecule has 1 N–H and O–H groups in total. The number of piperidine rings is 1. The number of carbonyl (C=O) groups is 1. The second-order valence-electron chi connectivity index (χ2n) is 10.9. The standard InChI is InChI=1S/C30H43N5O3/c1-37-29-9-3-2-8-28(29)35-17-15-34(16-18-35)27-12-14-33(22-24-6-4-13-31-20-24)23-25(27)10-11-30(36)32-21-26-7-5-19-38-26/h2-4,6,8-9,13,20,25-27H,5,7,10-12,14-19,21-23H2,1H3,(H,32,36)/t25-,26+,27+/m0/s1. The highest BCUT2D eigenvalue weighted by molar-refractivity contribution is 5.75. The number of anilines is 1. The molecular formula is C30H43N5O3. The first-order valence-electron chi connectivity index (χ1n) is 14.3. The summed E-state index contributed by atoms with van der Waals surface area (Å²) in [7, 11) is 1.75. The van der Waals surface area contributed by atoms with Gasteiger partial charge in [0.1, 0.15) is 5.75 Å². The number of benzene rings is 1. The summed E-state index contributed by atoms with van der Waals surface area (Å²) in [4.78, 5) is 24.7. The van der Waals surface area contributed by atoms with E-state index in [4.69, 9.17) is 9.47 Å². The number of carbonyl (C=O) groups excluding carboxylic acids is 1. The van der Waals surface area contributed by atoms with E-state index in [1.165, 1.54) is 11.3 Å². The van der Waals surface area contributed by atoms with E-state index in [-0.39, 0.29) is 12.0 Å². The normalized spacial score (nSPS) is 24.9. The summed E-state index contributed by atoms with van der Waals surface area (Å²) in [6, 6.07) is 13.0. The Morgan fingerprint density at radius 2 is 1.97 bits per heavy atom. The number of hydrogen-bond acceptors (Lipinski definition) is 7. The number of nitrogens with one attached hydrogen (secondary N) is 1. The van der Waals surface area contributed by atoms with Crippen LogP contribution in [-0.4, -0.2) is 92.4 Å². The number of amides is 1. The molecule has 3 atom stereocenters. The van der Waals surface area contributed by atoms with Crippen LogP contribution in [0.2, 0.25) is 0 Å². The predicted molar refractivity (Wildman–Crippen MR) is 149 cm³/mol. The lowest BCUT2D eigenvalue weighted by molar-refractivity contribution is -0.122. The first kappa shape index (κ1) is 26.9. The van der Waals surface area contributed by atoms with Crippen molar-refractivity contribution in [2.75, 3.05) is 64.4 Å². The number of methoxy groups -OCH3 is 1. The van der Waals surface area contributed by atoms with E-state index < -0.39 is 0 Å². The summed E-state index contributed by atoms with van der Waals surface area (Å²) in [6.45, 7) is 8.53. The van der Waals surface area contributed by atoms with Crippen molar-refractivity contribution in [3.05, 3.63) is 54.4 Å². The molecule has 8 heteroatoms. The van der Waals surface area contributed by atoms with Crippen LogP contribution in [0.25, 0.3) is 0 Å². The Kier molecular flexibility index (Phi) is 9.49. The second-order valence-corrected chi connectivity index (χ2v) is 10.9. The van der Waals surface area contributed by atoms with Gasteiger partial charge in [0, 0.05) is 77.3 Å². The monoisotopic (exact) mass is 521 g/mol. The van der Waals surface area contributed by atoms with E-state index in [0.717, 1.165) is 83.9 Å². The molecule has 3 aliphatic rings. The molecule has 3 fully saturated rings. The zero-order valence-electron chi connectivity index (χ0n) is 22.8. The molecular weight excluding hydrogens is 478 g/mol. The van der Waals surface area contributed by atoms with Gasteiger partial charge in [0.15, 0.2) is 0 Å². The smallest absolute Gasteiger partial charge is 0.220 e. The third kappa shape index (κ3) is 7.04. The summed E-state index contributed by atoms with van der Waals surface area (Å²) in [5.74, 6) is 1.56. The molecule has 0 unspecified atom stereocenters. The van der Waals surface area contributed by atoms with Gasteiger partial charge in [0.25, 0.3) is 0 Å². The summed E-state index contributed by atoms with van der Waals surface area (Å²) >= 11 is 0. The SMILES string of the molecule is COc1ccccc1N1CCN([C@@H]2CCN(Cc3cccnc3)C[C@@H]2CCC(=O)NC[C@H]2CCCO2)CC1. The quantitative estimate of drug-likeness (QED) is 0.515. The fourth-order valence-corrected chi connectivity index (χ4v) is 6.38. The summed E-state index contributed by atoms with van der Waals surface area (Å²) < 4.78 is 11.3. The van der Waals surface area contributed by atoms with E-state index in [2.05, 4.69) is 43.2 Å². The van der Waals surface area contributed by atoms with Crippen molar-refractivity contribution in [3.8, 4) is 5.75 Å². The summed E-state index contributed by atoms with van der Waals surface area (Å²) in [5.41, 5.74) is 2.44. The van der Waals surface area contributed by atoms with Crippen LogP contribution in [0.4, 0.5) is 5.69 Å². The number of likely N-dealkylation sites (tertiary alicyclic amines) is 1. The average Bonchev–Trinajstić information content (AvgIpc) is 3.50. The largest absolute Gasteiger partial charge is 0.495 e. The van der Waals surface area contributed by atoms with Gasteiger partial charge < -0.3 is 19.7 Å². The molecule has 4 heterocycles. The molecule has 0 saturated carbocycles. The molecule has 0 aliphatic carbocycles. The highest BCUT2D eigenvalue weighted by atomic mass is 16.5. The lowest BCUT2D eigenvalue weighted by Crippen LogP contribution is -2.56. The Hall–Kier alpha value is -2.68. The summed E-state index contributed by atoms with van der Waals surface area (Å²) in [6.07, 6.45) is 8.77. The summed E-state index contributed by atoms with van der Waals surface area (Å²) in [5, 5.41) is 3.13. The Balaban J connectivity index is 1.19. The fraction of sp³-hybridized carbons (Fsp3) is 0.600. The van der Waals surface area contributed by atoms with Gasteiger partial charge >= 0.3 is 0 Å². The second kappa shape index (κ2) is 13.4. The van der Waals surface area contributed by atoms with Crippen LogP contribution < -0.4 is 15.0 Å². The maximum Gasteiger partial charge on any atom is 0.220 e. The van der Waals surface area contributed by atoms with Crippen molar-refractivity contribution in [3.63, 3.8) is 0 Å². The Labute approximate surface area is 227 Å². The molecule has 1 aromatic heterocycles. The lowest BCUT2D eigenvalue weighted by atomic mass is 9.86. The zero-order valence-corrected chi connectivity index (χ0v) is 22.8. The van der Waals surface area contributed by atoms with Gasteiger partial charge in [0.2, 0.25) is 5.91 Å². The number of aromatic nitrogens is 1. The molecule has 8 nitrogen and oxygen atoms in total. The highest BCUT2D eigenvalue weighted by Crippen LogP contribution is 2.31. The first-order chi connectivity index (χ1) is 18.7. The fourth-order valence-electron chi connectivity index (χ4n) is 6.38. The molecule has 1 amide bonds. The topological polar surface area (TPSA) is 70.2 Å². The van der Waals surface area contributed by atoms with Crippen molar-refractivity contribution in [1.82, 2.24) is 20.1 Å². The van der Waals surface area contributed by atoms with Crippen LogP contribution in [0.15, 0.2) is 48.8 Å². The van der Waals surface area contributed by atoms with E-state index >= 15 is 0 Å². The minimum Gasteiger partial charge on any atom is -0.495 e. The number of ether oxygens (including phenoxy) is 2. The number of piperazine rings is 1. The zero-order chi connectivity index (χ0) is 26.2. The molecule has 0 bridgehead atoms. The van der Waals surface area contributed by atoms with E-state index in [1.54, 1.807) is 7.11 Å². The van der Waals surface area contributed by atoms with E-state index in [0.29, 0.717) is 24.9 Å². The van der Waals surface area contributed by atoms with Gasteiger partial charge in [-0.1, -0.05) is 18.2 Å². The number of rotatable bonds is 10. The van der Waals surface area contributed by atoms with Gasteiger partial charge in [-0.15, -0.1) is 0 Å². The van der Waals surface area contributed by atoms with Crippen LogP contribution in [0.3, 0.4) is 0 Å². The molecule has 3 aliphatic heterocycles. The van der Waals surface area contributed by atoms with Crippen molar-refractivity contribution in [2.45, 2.75) is 50.8 Å². The van der Waals surface area contributed by atoms with Gasteiger partial charge in [-0.05, 0) is 61.9 Å². The minimum absolute atomic E-state index is 0.157. The maximum absolute atomic E-state index is 12.7. The van der Waals surface area contributed by atoms with Crippen LogP contribution in [-0.2, 0) is 16.1 Å². The molecule has 1 aromatic carbocycles. The first-order valence-corrected chi connectivity index (χ1v) is 14.3. The maximum atomic E-state index is 12.7. The molecule has 5 rings (SSSR count). The number of para-hydroxylation sites is 2. The third-order valence-corrected chi connectivity index (χ3v) is 8.41. The molecule has 2 aromatic rings. The Morgan fingerprint density at radius 1 is 1.11 bits per heavy atom. The number of pyridine rings is 1. The van der Waals surface area contributed by atoms with Crippen molar-refractivity contribution in [2.24, 2.45) is 5.92 Å². The van der Waals surface area contributed by atoms with Gasteiger partial charge in [-0.25, -0.2) is 0 Å². The van der Waals surface area contributed by atoms with Gasteiger partial charge in [0.05, 0.1) is 18.9 Å². The Morgan fingerprint density at radius 3 is 2.74 bits per heavy atom. The third-order valence-electron chi connectivity index (χ3n) is 8.41. The van der Waals surface area contributed by atoms with Crippen LogP contribution in [0, 0.1) is 5.92 Å². The van der Waals surface area contributed by atoms with Crippen molar-refractivity contribution < 1.29 is 14.3 Å². The molecule has 206 valence electrons. The minimum atomic E-state index is 0.157. The molecule has 0 spiro atoms. The highest BCUT2D eigenvalue weighted by Gasteiger charge is 2.35. The van der Waals surface area contributed by atoms with E-state index in [1.807, 2.05) is 30.6 Å². The van der Waals surface area contributed by atoms with Crippen LogP contribution in [0.5, 0.6) is 5.75 Å². The van der Waals surface area contributed by atoms with Crippen molar-refractivity contribution >= 4 is 11.6 Å². The van der Waals surface area contributed by atoms with Gasteiger partial charge in [-0.2, -0.15) is 0 Å². The molecule has 38 heavy (non-hydrogen) atoms. The van der Waals surface area contributed by atoms with E-state index in [9.17, 15) is 4.79 Å².